The number of likely N-dealkylation sites (tertiary alicyclic amines) is 3. The van der Waals surface area contributed by atoms with E-state index in [9.17, 15) is 4.79 Å². The van der Waals surface area contributed by atoms with Crippen molar-refractivity contribution in [3.63, 3.8) is 0 Å². The molecule has 0 radical (unpaired) electrons. The molecule has 0 spiro atoms. The summed E-state index contributed by atoms with van der Waals surface area (Å²) in [5.74, 6) is 1.07. The molecule has 0 aromatic heterocycles. The van der Waals surface area contributed by atoms with E-state index < -0.39 is 5.97 Å². The van der Waals surface area contributed by atoms with Crippen LogP contribution in [0, 0.1) is 17.8 Å². The van der Waals surface area contributed by atoms with E-state index in [4.69, 9.17) is 9.84 Å². The molecule has 0 aromatic carbocycles. The zero-order valence-corrected chi connectivity index (χ0v) is 31.2. The summed E-state index contributed by atoms with van der Waals surface area (Å²) in [5.41, 5.74) is 1.22. The minimum atomic E-state index is -0.651. The molecule has 2 atom stereocenters. The van der Waals surface area contributed by atoms with Gasteiger partial charge in [0.15, 0.2) is 0 Å². The summed E-state index contributed by atoms with van der Waals surface area (Å²) in [7, 11) is 0. The number of piperidine rings is 1. The third-order valence-electron chi connectivity index (χ3n) is 9.55. The molecule has 2 unspecified atom stereocenters. The smallest absolute Gasteiger partial charge is 0.307 e. The van der Waals surface area contributed by atoms with Crippen molar-refractivity contribution in [3.8, 4) is 0 Å². The molecule has 0 aliphatic carbocycles. The largest absolute Gasteiger partial charge is 0.481 e. The van der Waals surface area contributed by atoms with E-state index in [0.29, 0.717) is 23.2 Å². The Balaban J connectivity index is 0. The van der Waals surface area contributed by atoms with Crippen LogP contribution in [0.3, 0.4) is 0 Å². The molecule has 45 heavy (non-hydrogen) atoms. The van der Waals surface area contributed by atoms with Crippen molar-refractivity contribution in [1.82, 2.24) is 19.6 Å². The number of carbonyl (C=O) groups is 1. The number of nitrogens with zero attached hydrogens (tertiary/aromatic N) is 4. The van der Waals surface area contributed by atoms with Gasteiger partial charge in [-0.25, -0.2) is 0 Å². The van der Waals surface area contributed by atoms with Crippen molar-refractivity contribution in [2.24, 2.45) is 17.8 Å². The molecule has 4 fully saturated rings. The van der Waals surface area contributed by atoms with Crippen molar-refractivity contribution in [1.29, 1.82) is 0 Å². The topological polar surface area (TPSA) is 59.5 Å². The van der Waals surface area contributed by atoms with Gasteiger partial charge in [-0.15, -0.1) is 0 Å². The molecular formula is C38H82N4O3. The fourth-order valence-corrected chi connectivity index (χ4v) is 6.03. The van der Waals surface area contributed by atoms with Crippen LogP contribution in [0.2, 0.25) is 0 Å². The fourth-order valence-electron chi connectivity index (χ4n) is 6.03. The lowest BCUT2D eigenvalue weighted by Gasteiger charge is -2.40. The van der Waals surface area contributed by atoms with Gasteiger partial charge in [-0.3, -0.25) is 24.4 Å². The highest BCUT2D eigenvalue weighted by Crippen LogP contribution is 2.25. The number of aliphatic carboxylic acids is 1. The van der Waals surface area contributed by atoms with Gasteiger partial charge in [0.05, 0.1) is 19.1 Å². The molecule has 4 heterocycles. The van der Waals surface area contributed by atoms with Gasteiger partial charge in [-0.1, -0.05) is 28.7 Å². The number of ether oxygens (including phenoxy) is 1. The second-order valence-electron chi connectivity index (χ2n) is 17.6. The summed E-state index contributed by atoms with van der Waals surface area (Å²) in [6.07, 6.45) is 4.96. The Kier molecular flexibility index (Phi) is 20.6. The fraction of sp³-hybridized carbons (Fsp3) is 0.974. The van der Waals surface area contributed by atoms with Crippen molar-refractivity contribution in [2.75, 3.05) is 65.6 Å². The van der Waals surface area contributed by atoms with Crippen LogP contribution in [-0.2, 0) is 9.53 Å². The summed E-state index contributed by atoms with van der Waals surface area (Å²) in [6.45, 7) is 42.4. The number of hydrogen-bond donors (Lipinski definition) is 1. The summed E-state index contributed by atoms with van der Waals surface area (Å²) in [5, 5.41) is 8.77. The quantitative estimate of drug-likeness (QED) is 0.309. The molecule has 4 aliphatic heterocycles. The van der Waals surface area contributed by atoms with Gasteiger partial charge < -0.3 is 9.84 Å². The minimum Gasteiger partial charge on any atom is -0.481 e. The van der Waals surface area contributed by atoms with E-state index in [1.54, 1.807) is 0 Å². The van der Waals surface area contributed by atoms with Gasteiger partial charge in [-0.2, -0.15) is 0 Å². The Morgan fingerprint density at radius 2 is 0.867 bits per heavy atom. The monoisotopic (exact) mass is 643 g/mol. The first-order valence-corrected chi connectivity index (χ1v) is 17.3. The van der Waals surface area contributed by atoms with Crippen molar-refractivity contribution in [3.05, 3.63) is 0 Å². The van der Waals surface area contributed by atoms with Crippen molar-refractivity contribution in [2.45, 2.75) is 160 Å². The molecular weight excluding hydrogens is 560 g/mol. The summed E-state index contributed by atoms with van der Waals surface area (Å²) < 4.78 is 5.25. The second kappa shape index (κ2) is 19.9. The molecule has 0 aromatic rings. The van der Waals surface area contributed by atoms with Crippen LogP contribution in [0.25, 0.3) is 0 Å². The number of carboxylic acid groups (broad SMARTS) is 1. The predicted molar refractivity (Wildman–Crippen MR) is 198 cm³/mol. The molecule has 4 saturated heterocycles. The average molecular weight is 643 g/mol. The maximum absolute atomic E-state index is 10.6. The molecule has 7 nitrogen and oxygen atoms in total. The van der Waals surface area contributed by atoms with Crippen LogP contribution in [-0.4, -0.2) is 118 Å². The van der Waals surface area contributed by atoms with Gasteiger partial charge in [0.2, 0.25) is 0 Å². The molecule has 0 bridgehead atoms. The lowest BCUT2D eigenvalue weighted by molar-refractivity contribution is -0.141. The summed E-state index contributed by atoms with van der Waals surface area (Å²) >= 11 is 0. The minimum absolute atomic E-state index is 0. The van der Waals surface area contributed by atoms with Crippen molar-refractivity contribution < 1.29 is 14.6 Å². The molecule has 0 saturated carbocycles. The zero-order valence-electron chi connectivity index (χ0n) is 31.2. The Bertz CT molecular complexity index is 762. The van der Waals surface area contributed by atoms with E-state index in [1.807, 2.05) is 0 Å². The Morgan fingerprint density at radius 1 is 0.533 bits per heavy atom. The first-order chi connectivity index (χ1) is 19.5. The summed E-state index contributed by atoms with van der Waals surface area (Å²) in [6, 6.07) is 0. The van der Waals surface area contributed by atoms with E-state index >= 15 is 0 Å². The molecule has 7 heteroatoms. The highest BCUT2D eigenvalue weighted by atomic mass is 16.5. The van der Waals surface area contributed by atoms with E-state index in [-0.39, 0.29) is 26.3 Å². The third kappa shape index (κ3) is 18.4. The van der Waals surface area contributed by atoms with Crippen LogP contribution < -0.4 is 0 Å². The van der Waals surface area contributed by atoms with Crippen LogP contribution >= 0.6 is 0 Å². The molecule has 1 N–H and O–H groups in total. The van der Waals surface area contributed by atoms with E-state index in [0.717, 1.165) is 51.1 Å². The molecule has 4 rings (SSSR count). The zero-order chi connectivity index (χ0) is 33.2. The van der Waals surface area contributed by atoms with Gasteiger partial charge in [-0.05, 0) is 147 Å². The van der Waals surface area contributed by atoms with E-state index in [2.05, 4.69) is 117 Å². The SMILES string of the molecule is C.C.CC(C)(C)N1CCC(C(=O)O)C1.CC(C)(C)N1CCOCC1.CC1CCN(C(C)(C)C)C1.CC1CCN(C(C)(C)C)CC1. The first-order valence-electron chi connectivity index (χ1n) is 17.3. The first kappa shape index (κ1) is 46.4. The maximum Gasteiger partial charge on any atom is 0.307 e. The maximum atomic E-state index is 10.6. The van der Waals surface area contributed by atoms with E-state index in [1.165, 1.54) is 45.4 Å². The van der Waals surface area contributed by atoms with Crippen molar-refractivity contribution >= 4 is 5.97 Å². The third-order valence-corrected chi connectivity index (χ3v) is 9.55. The Labute approximate surface area is 282 Å². The molecule has 0 amide bonds. The Morgan fingerprint density at radius 3 is 1.13 bits per heavy atom. The van der Waals surface area contributed by atoms with Gasteiger partial charge >= 0.3 is 5.97 Å². The number of rotatable bonds is 1. The van der Waals surface area contributed by atoms with Gasteiger partial charge in [0.25, 0.3) is 0 Å². The van der Waals surface area contributed by atoms with Crippen LogP contribution in [0.1, 0.15) is 137 Å². The second-order valence-corrected chi connectivity index (χ2v) is 17.6. The van der Waals surface area contributed by atoms with Gasteiger partial charge in [0, 0.05) is 48.3 Å². The number of hydrogen-bond acceptors (Lipinski definition) is 6. The standard InChI is InChI=1S/C10H21N.C9H17NO2.C9H19N.C8H17NO.2CH4/c1-9-5-7-11(8-6-9)10(2,3)4;1-9(2,3)10-5-4-7(6-10)8(11)12;1-8-5-6-10(7-8)9(2,3)4;1-8(2,3)9-4-6-10-7-5-9;;/h9H,5-8H2,1-4H3;7H,4-6H2,1-3H3,(H,11,12);8H,5-7H2,1-4H3;4-7H2,1-3H3;2*1H4. The number of carboxylic acids is 1. The van der Waals surface area contributed by atoms with Crippen LogP contribution in [0.5, 0.6) is 0 Å². The normalized spacial score (nSPS) is 24.5. The lowest BCUT2D eigenvalue weighted by atomic mass is 9.95. The Hall–Kier alpha value is -0.730. The summed E-state index contributed by atoms with van der Waals surface area (Å²) in [4.78, 5) is 20.5. The predicted octanol–water partition coefficient (Wildman–Crippen LogP) is 8.22. The molecule has 4 aliphatic rings. The van der Waals surface area contributed by atoms with Gasteiger partial charge in [0.1, 0.15) is 0 Å². The average Bonchev–Trinajstić information content (AvgIpc) is 3.55. The number of morpholine rings is 1. The lowest BCUT2D eigenvalue weighted by Crippen LogP contribution is -2.47. The highest BCUT2D eigenvalue weighted by molar-refractivity contribution is 5.70. The molecule has 272 valence electrons. The van der Waals surface area contributed by atoms with Crippen LogP contribution in [0.15, 0.2) is 0 Å². The highest BCUT2D eigenvalue weighted by Gasteiger charge is 2.33. The van der Waals surface area contributed by atoms with Crippen LogP contribution in [0.4, 0.5) is 0 Å².